The van der Waals surface area contributed by atoms with Crippen molar-refractivity contribution in [2.24, 2.45) is 0 Å². The van der Waals surface area contributed by atoms with E-state index in [-0.39, 0.29) is 16.6 Å². The fourth-order valence-electron chi connectivity index (χ4n) is 1.41. The first-order valence-corrected chi connectivity index (χ1v) is 8.50. The Hall–Kier alpha value is -2.13. The van der Waals surface area contributed by atoms with E-state index in [0.717, 1.165) is 11.1 Å². The van der Waals surface area contributed by atoms with E-state index in [2.05, 4.69) is 11.8 Å². The maximum absolute atomic E-state index is 10.7. The number of benzene rings is 2. The van der Waals surface area contributed by atoms with Crippen LogP contribution in [-0.2, 0) is 14.9 Å². The molecule has 0 aliphatic heterocycles. The van der Waals surface area contributed by atoms with Crippen molar-refractivity contribution in [1.82, 2.24) is 0 Å². The standard InChI is InChI=1S/C10H7ClO.C7H8O3S/c11-8-10(12)7-6-9-4-2-1-3-5-9;1-6-2-4-7(5-3-6)11(8,9)10/h1-5H,8H2;2-5H,1H3,(H,8,9,10). The fourth-order valence-corrected chi connectivity index (χ4v) is 1.95. The Balaban J connectivity index is 0.000000231. The van der Waals surface area contributed by atoms with Gasteiger partial charge in [0.2, 0.25) is 5.78 Å². The number of carbonyl (C=O) groups is 1. The Labute approximate surface area is 140 Å². The minimum Gasteiger partial charge on any atom is -0.284 e. The molecule has 0 amide bonds. The van der Waals surface area contributed by atoms with E-state index in [1.807, 2.05) is 37.3 Å². The van der Waals surface area contributed by atoms with Crippen LogP contribution in [0.4, 0.5) is 0 Å². The number of aryl methyl sites for hydroxylation is 1. The number of carbonyl (C=O) groups excluding carboxylic acids is 1. The highest BCUT2D eigenvalue weighted by Gasteiger charge is 2.06. The summed E-state index contributed by atoms with van der Waals surface area (Å²) in [6, 6.07) is 15.3. The Kier molecular flexibility index (Phi) is 7.49. The molecule has 0 bridgehead atoms. The summed E-state index contributed by atoms with van der Waals surface area (Å²) in [5.74, 6) is 4.85. The van der Waals surface area contributed by atoms with E-state index in [4.69, 9.17) is 16.2 Å². The summed E-state index contributed by atoms with van der Waals surface area (Å²) in [6.45, 7) is 1.84. The van der Waals surface area contributed by atoms with Gasteiger partial charge in [0.05, 0.1) is 10.8 Å². The zero-order valence-corrected chi connectivity index (χ0v) is 13.9. The van der Waals surface area contributed by atoms with Crippen molar-refractivity contribution in [3.05, 3.63) is 65.7 Å². The van der Waals surface area contributed by atoms with Crippen LogP contribution in [0.5, 0.6) is 0 Å². The quantitative estimate of drug-likeness (QED) is 0.513. The highest BCUT2D eigenvalue weighted by atomic mass is 35.5. The molecule has 6 heteroatoms. The zero-order chi connectivity index (χ0) is 17.3. The predicted octanol–water partition coefficient (Wildman–Crippen LogP) is 3.09. The molecule has 2 aromatic carbocycles. The number of ketones is 1. The molecule has 0 heterocycles. The lowest BCUT2D eigenvalue weighted by molar-refractivity contribution is -0.111. The van der Waals surface area contributed by atoms with Gasteiger partial charge < -0.3 is 0 Å². The van der Waals surface area contributed by atoms with Crippen LogP contribution in [0.3, 0.4) is 0 Å². The van der Waals surface area contributed by atoms with Gasteiger partial charge >= 0.3 is 0 Å². The molecule has 0 spiro atoms. The molecule has 0 saturated carbocycles. The second kappa shape index (κ2) is 9.11. The molecule has 1 N–H and O–H groups in total. The first kappa shape index (κ1) is 18.9. The maximum atomic E-state index is 10.7. The smallest absolute Gasteiger partial charge is 0.284 e. The average molecular weight is 351 g/mol. The minimum absolute atomic E-state index is 0.0418. The maximum Gasteiger partial charge on any atom is 0.294 e. The molecule has 4 nitrogen and oxygen atoms in total. The van der Waals surface area contributed by atoms with E-state index in [1.54, 1.807) is 12.1 Å². The summed E-state index contributed by atoms with van der Waals surface area (Å²) >= 11 is 5.27. The fraction of sp³-hybridized carbons (Fsp3) is 0.118. The predicted molar refractivity (Wildman–Crippen MR) is 90.0 cm³/mol. The molecule has 0 saturated heterocycles. The molecule has 2 rings (SSSR count). The van der Waals surface area contributed by atoms with Crippen LogP contribution in [0.15, 0.2) is 59.5 Å². The molecule has 0 unspecified atom stereocenters. The summed E-state index contributed by atoms with van der Waals surface area (Å²) in [5, 5.41) is 0. The second-order valence-electron chi connectivity index (χ2n) is 4.46. The average Bonchev–Trinajstić information content (AvgIpc) is 2.53. The van der Waals surface area contributed by atoms with Crippen LogP contribution in [0.25, 0.3) is 0 Å². The topological polar surface area (TPSA) is 71.4 Å². The lowest BCUT2D eigenvalue weighted by Gasteiger charge is -1.95. The van der Waals surface area contributed by atoms with Crippen molar-refractivity contribution in [2.45, 2.75) is 11.8 Å². The monoisotopic (exact) mass is 350 g/mol. The molecule has 0 aliphatic rings. The molecule has 0 aromatic heterocycles. The molecule has 2 aromatic rings. The molecule has 0 atom stereocenters. The van der Waals surface area contributed by atoms with Crippen molar-refractivity contribution in [3.63, 3.8) is 0 Å². The van der Waals surface area contributed by atoms with Crippen LogP contribution in [-0.4, -0.2) is 24.6 Å². The van der Waals surface area contributed by atoms with Gasteiger partial charge in [-0.05, 0) is 37.1 Å². The van der Waals surface area contributed by atoms with Gasteiger partial charge in [-0.1, -0.05) is 41.8 Å². The summed E-state index contributed by atoms with van der Waals surface area (Å²) in [5.41, 5.74) is 1.79. The third-order valence-electron chi connectivity index (χ3n) is 2.56. The molecular formula is C17H15ClO4S. The van der Waals surface area contributed by atoms with Crippen molar-refractivity contribution >= 4 is 27.5 Å². The van der Waals surface area contributed by atoms with E-state index in [1.165, 1.54) is 12.1 Å². The molecule has 120 valence electrons. The van der Waals surface area contributed by atoms with Crippen LogP contribution >= 0.6 is 11.6 Å². The van der Waals surface area contributed by atoms with Gasteiger partial charge in [-0.3, -0.25) is 9.35 Å². The van der Waals surface area contributed by atoms with Crippen LogP contribution in [0.1, 0.15) is 11.1 Å². The van der Waals surface area contributed by atoms with E-state index < -0.39 is 10.1 Å². The Morgan fingerprint density at radius 1 is 1.09 bits per heavy atom. The lowest BCUT2D eigenvalue weighted by atomic mass is 10.2. The lowest BCUT2D eigenvalue weighted by Crippen LogP contribution is -1.96. The first-order chi connectivity index (χ1) is 10.8. The van der Waals surface area contributed by atoms with Crippen LogP contribution in [0.2, 0.25) is 0 Å². The van der Waals surface area contributed by atoms with Gasteiger partial charge in [0.1, 0.15) is 0 Å². The Bertz CT molecular complexity index is 801. The number of halogens is 1. The summed E-state index contributed by atoms with van der Waals surface area (Å²) in [6.07, 6.45) is 0. The molecule has 23 heavy (non-hydrogen) atoms. The Morgan fingerprint density at radius 2 is 1.65 bits per heavy atom. The SMILES string of the molecule is Cc1ccc(S(=O)(=O)O)cc1.O=C(C#Cc1ccccc1)CCl. The van der Waals surface area contributed by atoms with Gasteiger partial charge in [0.25, 0.3) is 10.1 Å². The van der Waals surface area contributed by atoms with Gasteiger partial charge in [-0.15, -0.1) is 11.6 Å². The van der Waals surface area contributed by atoms with Gasteiger partial charge in [0.15, 0.2) is 0 Å². The van der Waals surface area contributed by atoms with Gasteiger partial charge in [-0.25, -0.2) is 0 Å². The third-order valence-corrected chi connectivity index (χ3v) is 3.67. The summed E-state index contributed by atoms with van der Waals surface area (Å²) in [7, 11) is -4.02. The van der Waals surface area contributed by atoms with Crippen molar-refractivity contribution in [2.75, 3.05) is 5.88 Å². The number of rotatable bonds is 2. The number of alkyl halides is 1. The number of hydrogen-bond acceptors (Lipinski definition) is 3. The third kappa shape index (κ3) is 7.61. The molecule has 0 aliphatic carbocycles. The first-order valence-electron chi connectivity index (χ1n) is 6.53. The normalized spacial score (nSPS) is 9.87. The highest BCUT2D eigenvalue weighted by molar-refractivity contribution is 7.85. The van der Waals surface area contributed by atoms with Gasteiger partial charge in [0, 0.05) is 5.56 Å². The van der Waals surface area contributed by atoms with E-state index in [9.17, 15) is 13.2 Å². The van der Waals surface area contributed by atoms with Crippen molar-refractivity contribution in [3.8, 4) is 11.8 Å². The highest BCUT2D eigenvalue weighted by Crippen LogP contribution is 2.08. The van der Waals surface area contributed by atoms with Gasteiger partial charge in [-0.2, -0.15) is 8.42 Å². The second-order valence-corrected chi connectivity index (χ2v) is 6.15. The molecular weight excluding hydrogens is 336 g/mol. The van der Waals surface area contributed by atoms with Crippen molar-refractivity contribution in [1.29, 1.82) is 0 Å². The zero-order valence-electron chi connectivity index (χ0n) is 12.4. The van der Waals surface area contributed by atoms with Crippen molar-refractivity contribution < 1.29 is 17.8 Å². The minimum atomic E-state index is -4.02. The number of Topliss-reactive ketones (excluding diaryl/α,β-unsaturated/α-hetero) is 1. The summed E-state index contributed by atoms with van der Waals surface area (Å²) < 4.78 is 29.6. The van der Waals surface area contributed by atoms with E-state index in [0.29, 0.717) is 0 Å². The number of hydrogen-bond donors (Lipinski definition) is 1. The van der Waals surface area contributed by atoms with E-state index >= 15 is 0 Å². The van der Waals surface area contributed by atoms with Crippen LogP contribution in [0, 0.1) is 18.8 Å². The molecule has 0 radical (unpaired) electrons. The largest absolute Gasteiger partial charge is 0.294 e. The Morgan fingerprint density at radius 3 is 2.13 bits per heavy atom. The van der Waals surface area contributed by atoms with Crippen LogP contribution < -0.4 is 0 Å². The molecule has 0 fully saturated rings. The summed E-state index contributed by atoms with van der Waals surface area (Å²) in [4.78, 5) is 10.6.